The fourth-order valence-corrected chi connectivity index (χ4v) is 2.51. The number of aromatic hydroxyl groups is 1. The number of rotatable bonds is 5. The molecule has 1 aliphatic carbocycles. The van der Waals surface area contributed by atoms with Gasteiger partial charge in [0.15, 0.2) is 0 Å². The van der Waals surface area contributed by atoms with Crippen LogP contribution in [-0.2, 0) is 11.2 Å². The third-order valence-corrected chi connectivity index (χ3v) is 3.72. The Morgan fingerprint density at radius 1 is 1.21 bits per heavy atom. The smallest absolute Gasteiger partial charge is 0.251 e. The van der Waals surface area contributed by atoms with Crippen LogP contribution in [0.2, 0.25) is 0 Å². The molecule has 3 N–H and O–H groups in total. The Labute approximate surface area is 113 Å². The summed E-state index contributed by atoms with van der Waals surface area (Å²) < 4.78 is 0. The third-order valence-electron chi connectivity index (χ3n) is 3.72. The molecule has 19 heavy (non-hydrogen) atoms. The molecule has 1 amide bonds. The van der Waals surface area contributed by atoms with Crippen molar-refractivity contribution in [3.8, 4) is 5.75 Å². The van der Waals surface area contributed by atoms with Gasteiger partial charge in [-0.3, -0.25) is 4.79 Å². The van der Waals surface area contributed by atoms with Crippen molar-refractivity contribution in [3.63, 3.8) is 0 Å². The first-order chi connectivity index (χ1) is 9.10. The Morgan fingerprint density at radius 3 is 2.47 bits per heavy atom. The molecule has 0 radical (unpaired) electrons. The van der Waals surface area contributed by atoms with E-state index in [9.17, 15) is 9.90 Å². The quantitative estimate of drug-likeness (QED) is 0.709. The van der Waals surface area contributed by atoms with Crippen LogP contribution in [0.15, 0.2) is 24.3 Å². The summed E-state index contributed by atoms with van der Waals surface area (Å²) >= 11 is 0. The molecule has 0 unspecified atom stereocenters. The standard InChI is InChI=1S/C15H21NO3/c17-13-7-5-12(6-8-13)4-3-11-16-14(18)15(19)9-1-2-10-15/h5-8,17,19H,1-4,9-11H2,(H,16,18). The molecule has 0 saturated heterocycles. The molecule has 1 saturated carbocycles. The van der Waals surface area contributed by atoms with Gasteiger partial charge in [0.05, 0.1) is 0 Å². The molecule has 0 aliphatic heterocycles. The van der Waals surface area contributed by atoms with E-state index in [0.717, 1.165) is 31.2 Å². The molecule has 1 aliphatic rings. The molecule has 4 nitrogen and oxygen atoms in total. The number of amides is 1. The SMILES string of the molecule is O=C(NCCCc1ccc(O)cc1)C1(O)CCCC1. The van der Waals surface area contributed by atoms with Crippen molar-refractivity contribution in [3.05, 3.63) is 29.8 Å². The first-order valence-corrected chi connectivity index (χ1v) is 6.89. The molecular formula is C15H21NO3. The van der Waals surface area contributed by atoms with Crippen molar-refractivity contribution in [2.24, 2.45) is 0 Å². The fourth-order valence-electron chi connectivity index (χ4n) is 2.51. The lowest BCUT2D eigenvalue weighted by molar-refractivity contribution is -0.139. The normalized spacial score (nSPS) is 17.3. The highest BCUT2D eigenvalue weighted by Gasteiger charge is 2.38. The Hall–Kier alpha value is -1.55. The van der Waals surface area contributed by atoms with Gasteiger partial charge in [-0.2, -0.15) is 0 Å². The van der Waals surface area contributed by atoms with Crippen molar-refractivity contribution in [1.82, 2.24) is 5.32 Å². The lowest BCUT2D eigenvalue weighted by Gasteiger charge is -2.20. The van der Waals surface area contributed by atoms with Gasteiger partial charge in [-0.25, -0.2) is 0 Å². The number of benzene rings is 1. The van der Waals surface area contributed by atoms with E-state index in [0.29, 0.717) is 19.4 Å². The van der Waals surface area contributed by atoms with E-state index in [1.807, 2.05) is 12.1 Å². The fraction of sp³-hybridized carbons (Fsp3) is 0.533. The van der Waals surface area contributed by atoms with Crippen LogP contribution in [0.3, 0.4) is 0 Å². The third kappa shape index (κ3) is 3.70. The minimum Gasteiger partial charge on any atom is -0.508 e. The zero-order chi connectivity index (χ0) is 13.7. The highest BCUT2D eigenvalue weighted by atomic mass is 16.3. The van der Waals surface area contributed by atoms with Gasteiger partial charge in [0.1, 0.15) is 11.4 Å². The van der Waals surface area contributed by atoms with Crippen molar-refractivity contribution >= 4 is 5.91 Å². The number of phenolic OH excluding ortho intramolecular Hbond substituents is 1. The highest BCUT2D eigenvalue weighted by molar-refractivity contribution is 5.85. The van der Waals surface area contributed by atoms with Gasteiger partial charge in [-0.05, 0) is 56.2 Å². The lowest BCUT2D eigenvalue weighted by Crippen LogP contribution is -2.45. The summed E-state index contributed by atoms with van der Waals surface area (Å²) in [7, 11) is 0. The Morgan fingerprint density at radius 2 is 1.84 bits per heavy atom. The lowest BCUT2D eigenvalue weighted by atomic mass is 10.0. The van der Waals surface area contributed by atoms with E-state index in [2.05, 4.69) is 5.32 Å². The number of aliphatic hydroxyl groups is 1. The second kappa shape index (κ2) is 6.06. The van der Waals surface area contributed by atoms with E-state index < -0.39 is 5.60 Å². The van der Waals surface area contributed by atoms with Gasteiger partial charge in [0, 0.05) is 6.54 Å². The second-order valence-electron chi connectivity index (χ2n) is 5.26. The summed E-state index contributed by atoms with van der Waals surface area (Å²) in [5.74, 6) is 0.0382. The topological polar surface area (TPSA) is 69.6 Å². The van der Waals surface area contributed by atoms with Crippen LogP contribution < -0.4 is 5.32 Å². The average Bonchev–Trinajstić information content (AvgIpc) is 2.85. The summed E-state index contributed by atoms with van der Waals surface area (Å²) in [6.07, 6.45) is 4.69. The highest BCUT2D eigenvalue weighted by Crippen LogP contribution is 2.29. The molecule has 0 aromatic heterocycles. The van der Waals surface area contributed by atoms with Gasteiger partial charge >= 0.3 is 0 Å². The van der Waals surface area contributed by atoms with E-state index in [1.165, 1.54) is 0 Å². The number of nitrogens with one attached hydrogen (secondary N) is 1. The van der Waals surface area contributed by atoms with Crippen molar-refractivity contribution in [1.29, 1.82) is 0 Å². The van der Waals surface area contributed by atoms with Gasteiger partial charge in [-0.1, -0.05) is 12.1 Å². The molecule has 1 aromatic carbocycles. The molecule has 0 spiro atoms. The zero-order valence-electron chi connectivity index (χ0n) is 11.1. The van der Waals surface area contributed by atoms with Gasteiger partial charge in [0.2, 0.25) is 0 Å². The zero-order valence-corrected chi connectivity index (χ0v) is 11.1. The van der Waals surface area contributed by atoms with Crippen LogP contribution in [0.1, 0.15) is 37.7 Å². The molecule has 2 rings (SSSR count). The predicted molar refractivity (Wildman–Crippen MR) is 72.9 cm³/mol. The number of carbonyl (C=O) groups excluding carboxylic acids is 1. The summed E-state index contributed by atoms with van der Waals surface area (Å²) in [6, 6.07) is 7.08. The molecule has 0 heterocycles. The monoisotopic (exact) mass is 263 g/mol. The minimum atomic E-state index is -1.13. The van der Waals surface area contributed by atoms with Crippen LogP contribution in [0.25, 0.3) is 0 Å². The molecule has 4 heteroatoms. The molecule has 0 atom stereocenters. The molecule has 1 fully saturated rings. The molecule has 104 valence electrons. The van der Waals surface area contributed by atoms with Crippen LogP contribution in [0, 0.1) is 0 Å². The second-order valence-corrected chi connectivity index (χ2v) is 5.26. The van der Waals surface area contributed by atoms with Crippen molar-refractivity contribution in [2.75, 3.05) is 6.54 Å². The molecule has 0 bridgehead atoms. The first kappa shape index (κ1) is 13.9. The van der Waals surface area contributed by atoms with E-state index in [-0.39, 0.29) is 11.7 Å². The van der Waals surface area contributed by atoms with E-state index >= 15 is 0 Å². The summed E-state index contributed by atoms with van der Waals surface area (Å²) in [4.78, 5) is 11.8. The Kier molecular flexibility index (Phi) is 4.43. The number of aryl methyl sites for hydroxylation is 1. The minimum absolute atomic E-state index is 0.226. The van der Waals surface area contributed by atoms with E-state index in [1.54, 1.807) is 12.1 Å². The first-order valence-electron chi connectivity index (χ1n) is 6.89. The maximum Gasteiger partial charge on any atom is 0.251 e. The molecular weight excluding hydrogens is 242 g/mol. The maximum atomic E-state index is 11.8. The van der Waals surface area contributed by atoms with Crippen LogP contribution in [0.5, 0.6) is 5.75 Å². The summed E-state index contributed by atoms with van der Waals surface area (Å²) in [5, 5.41) is 22.0. The van der Waals surface area contributed by atoms with Gasteiger partial charge < -0.3 is 15.5 Å². The number of hydrogen-bond donors (Lipinski definition) is 3. The predicted octanol–water partition coefficient (Wildman–Crippen LogP) is 1.75. The summed E-state index contributed by atoms with van der Waals surface area (Å²) in [6.45, 7) is 0.571. The molecule has 1 aromatic rings. The Balaban J connectivity index is 1.69. The average molecular weight is 263 g/mol. The number of hydrogen-bond acceptors (Lipinski definition) is 3. The van der Waals surface area contributed by atoms with Crippen molar-refractivity contribution in [2.45, 2.75) is 44.1 Å². The van der Waals surface area contributed by atoms with E-state index in [4.69, 9.17) is 5.11 Å². The number of phenols is 1. The summed E-state index contributed by atoms with van der Waals surface area (Å²) in [5.41, 5.74) is 0.00468. The van der Waals surface area contributed by atoms with Crippen LogP contribution in [0.4, 0.5) is 0 Å². The number of carbonyl (C=O) groups is 1. The maximum absolute atomic E-state index is 11.8. The Bertz CT molecular complexity index is 422. The van der Waals surface area contributed by atoms with Gasteiger partial charge in [0.25, 0.3) is 5.91 Å². The van der Waals surface area contributed by atoms with Crippen LogP contribution >= 0.6 is 0 Å². The van der Waals surface area contributed by atoms with Gasteiger partial charge in [-0.15, -0.1) is 0 Å². The van der Waals surface area contributed by atoms with Crippen molar-refractivity contribution < 1.29 is 15.0 Å². The van der Waals surface area contributed by atoms with Crippen LogP contribution in [-0.4, -0.2) is 28.3 Å². The largest absolute Gasteiger partial charge is 0.508 e.